The fourth-order valence-electron chi connectivity index (χ4n) is 5.60. The summed E-state index contributed by atoms with van der Waals surface area (Å²) in [5.74, 6) is -0.405. The minimum absolute atomic E-state index is 0.162. The summed E-state index contributed by atoms with van der Waals surface area (Å²) in [6, 6.07) is 16.6. The van der Waals surface area contributed by atoms with E-state index in [2.05, 4.69) is 10.3 Å². The maximum Gasteiger partial charge on any atom is 0.224 e. The van der Waals surface area contributed by atoms with Crippen molar-refractivity contribution in [2.45, 2.75) is 57.6 Å². The second-order valence-electron chi connectivity index (χ2n) is 11.2. The highest BCUT2D eigenvalue weighted by Crippen LogP contribution is 2.57. The van der Waals surface area contributed by atoms with E-state index < -0.39 is 28.0 Å². The van der Waals surface area contributed by atoms with E-state index in [0.29, 0.717) is 34.2 Å². The predicted molar refractivity (Wildman–Crippen MR) is 162 cm³/mol. The molecule has 3 aromatic carbocycles. The third-order valence-electron chi connectivity index (χ3n) is 8.16. The van der Waals surface area contributed by atoms with Gasteiger partial charge in [0.15, 0.2) is 0 Å². The molecule has 1 aliphatic heterocycles. The number of aryl methyl sites for hydroxylation is 2. The van der Waals surface area contributed by atoms with Crippen molar-refractivity contribution < 1.29 is 18.6 Å². The number of hydrogen-bond acceptors (Lipinski definition) is 7. The number of para-hydroxylation sites is 1. The number of benzene rings is 3. The van der Waals surface area contributed by atoms with Crippen LogP contribution in [0.4, 0.5) is 0 Å². The number of nitrogens with two attached hydrogens (primary N) is 1. The molecule has 1 aromatic heterocycles. The van der Waals surface area contributed by atoms with E-state index in [-0.39, 0.29) is 12.6 Å². The average Bonchev–Trinajstić information content (AvgIpc) is 3.27. The van der Waals surface area contributed by atoms with Crippen LogP contribution in [-0.4, -0.2) is 47.0 Å². The summed E-state index contributed by atoms with van der Waals surface area (Å²) in [7, 11) is -1.54. The highest BCUT2D eigenvalue weighted by molar-refractivity contribution is 8.22. The van der Waals surface area contributed by atoms with Gasteiger partial charge in [-0.05, 0) is 59.9 Å². The third-order valence-corrected chi connectivity index (χ3v) is 10.5. The summed E-state index contributed by atoms with van der Waals surface area (Å²) in [6.45, 7) is 8.10. The van der Waals surface area contributed by atoms with Crippen LogP contribution in [0.1, 0.15) is 55.4 Å². The van der Waals surface area contributed by atoms with Crippen molar-refractivity contribution in [3.63, 3.8) is 0 Å². The predicted octanol–water partition coefficient (Wildman–Crippen LogP) is 6.27. The van der Waals surface area contributed by atoms with Gasteiger partial charge in [-0.25, -0.2) is 4.68 Å². The van der Waals surface area contributed by atoms with Crippen LogP contribution in [-0.2, 0) is 18.4 Å². The number of hydrogen-bond donors (Lipinski definition) is 3. The van der Waals surface area contributed by atoms with Crippen molar-refractivity contribution in [1.29, 1.82) is 0 Å². The van der Waals surface area contributed by atoms with Gasteiger partial charge in [0.25, 0.3) is 0 Å². The average molecular weight is 598 g/mol. The summed E-state index contributed by atoms with van der Waals surface area (Å²) >= 11 is 6.73. The number of fused-ring (bicyclic) bond motifs is 2. The number of aromatic nitrogens is 3. The molecule has 0 bridgehead atoms. The lowest BCUT2D eigenvalue weighted by Crippen LogP contribution is -2.38. The Kier molecular flexibility index (Phi) is 7.82. The van der Waals surface area contributed by atoms with Gasteiger partial charge in [0, 0.05) is 24.5 Å². The van der Waals surface area contributed by atoms with Crippen molar-refractivity contribution in [2.24, 2.45) is 18.2 Å². The molecule has 0 radical (unpaired) electrons. The number of amides is 1. The lowest BCUT2D eigenvalue weighted by molar-refractivity contribution is -0.126. The van der Waals surface area contributed by atoms with Gasteiger partial charge in [-0.1, -0.05) is 67.9 Å². The Labute approximate surface area is 246 Å². The Bertz CT molecular complexity index is 1620. The molecule has 4 aromatic rings. The zero-order valence-electron chi connectivity index (χ0n) is 23.8. The summed E-state index contributed by atoms with van der Waals surface area (Å²) < 4.78 is 32.5. The standard InChI is InChI=1S/C30H36ClN5O4S/c1-6-21-17-36(41(38,39)26-10-8-7-9-25(26)40-21)16-20-15-19(11-13-23(20)31)27(30(3,4)29(32)37)22-12-14-24-28(18(22)2)33-34-35(24)5/h7-15,21,27,38-39H,6,16-17H2,1-5H3,(H2,32,37)/t21-,27+/m1/s1. The summed E-state index contributed by atoms with van der Waals surface area (Å²) in [5, 5.41) is 9.00. The zero-order valence-corrected chi connectivity index (χ0v) is 25.4. The first kappa shape index (κ1) is 29.3. The Morgan fingerprint density at radius 2 is 1.95 bits per heavy atom. The molecule has 41 heavy (non-hydrogen) atoms. The lowest BCUT2D eigenvalue weighted by atomic mass is 9.69. The van der Waals surface area contributed by atoms with Gasteiger partial charge in [-0.2, -0.15) is 4.31 Å². The maximum atomic E-state index is 12.8. The summed E-state index contributed by atoms with van der Waals surface area (Å²) in [6.07, 6.45) is 0.447. The maximum absolute atomic E-state index is 12.8. The van der Waals surface area contributed by atoms with Gasteiger partial charge in [-0.15, -0.1) is 15.9 Å². The van der Waals surface area contributed by atoms with Gasteiger partial charge in [0.05, 0.1) is 17.5 Å². The first-order valence-corrected chi connectivity index (χ1v) is 15.4. The fraction of sp³-hybridized carbons (Fsp3) is 0.367. The first-order chi connectivity index (χ1) is 19.4. The van der Waals surface area contributed by atoms with Crippen LogP contribution in [0.2, 0.25) is 5.02 Å². The molecule has 9 nitrogen and oxygen atoms in total. The number of rotatable bonds is 7. The molecule has 218 valence electrons. The molecule has 0 saturated heterocycles. The van der Waals surface area contributed by atoms with Crippen LogP contribution in [0.5, 0.6) is 5.75 Å². The minimum atomic E-state index is -3.38. The molecular formula is C30H36ClN5O4S. The van der Waals surface area contributed by atoms with Gasteiger partial charge >= 0.3 is 0 Å². The molecule has 2 heterocycles. The van der Waals surface area contributed by atoms with Crippen molar-refractivity contribution >= 4 is 39.3 Å². The van der Waals surface area contributed by atoms with E-state index >= 15 is 0 Å². The number of primary amides is 1. The third kappa shape index (κ3) is 5.19. The van der Waals surface area contributed by atoms with Gasteiger partial charge in [0.2, 0.25) is 5.91 Å². The van der Waals surface area contributed by atoms with Gasteiger partial charge in [-0.3, -0.25) is 13.9 Å². The Hall–Kier alpha value is -3.15. The molecular weight excluding hydrogens is 562 g/mol. The molecule has 4 N–H and O–H groups in total. The van der Waals surface area contributed by atoms with Crippen LogP contribution in [0, 0.1) is 12.3 Å². The molecule has 0 spiro atoms. The first-order valence-electron chi connectivity index (χ1n) is 13.5. The SMILES string of the molecule is CC[C@@H]1CN(Cc2cc([C@@H](c3ccc4c(nnn4C)c3C)C(C)(C)C(N)=O)ccc2Cl)S(O)(O)c2ccccc2O1. The molecule has 2 atom stereocenters. The molecule has 0 unspecified atom stereocenters. The fourth-order valence-corrected chi connectivity index (χ4v) is 7.40. The van der Waals surface area contributed by atoms with Crippen LogP contribution in [0.25, 0.3) is 11.0 Å². The van der Waals surface area contributed by atoms with Crippen molar-refractivity contribution in [2.75, 3.05) is 6.54 Å². The smallest absolute Gasteiger partial charge is 0.224 e. The minimum Gasteiger partial charge on any atom is -0.487 e. The number of halogens is 1. The second-order valence-corrected chi connectivity index (χ2v) is 13.6. The van der Waals surface area contributed by atoms with Crippen LogP contribution < -0.4 is 10.5 Å². The number of carbonyl (C=O) groups is 1. The highest BCUT2D eigenvalue weighted by Gasteiger charge is 2.40. The monoisotopic (exact) mass is 597 g/mol. The Morgan fingerprint density at radius 3 is 2.66 bits per heavy atom. The van der Waals surface area contributed by atoms with Crippen molar-refractivity contribution in [1.82, 2.24) is 19.3 Å². The van der Waals surface area contributed by atoms with Gasteiger partial charge in [0.1, 0.15) is 22.3 Å². The molecule has 11 heteroatoms. The molecule has 1 amide bonds. The number of ether oxygens (including phenoxy) is 1. The van der Waals surface area contributed by atoms with E-state index in [1.54, 1.807) is 33.3 Å². The number of carbonyl (C=O) groups excluding carboxylic acids is 1. The van der Waals surface area contributed by atoms with E-state index in [1.807, 2.05) is 65.1 Å². The van der Waals surface area contributed by atoms with E-state index in [1.165, 1.54) is 0 Å². The van der Waals surface area contributed by atoms with Crippen LogP contribution >= 0.6 is 22.4 Å². The van der Waals surface area contributed by atoms with Crippen molar-refractivity contribution in [3.8, 4) is 5.75 Å². The Morgan fingerprint density at radius 1 is 1.22 bits per heavy atom. The highest BCUT2D eigenvalue weighted by atomic mass is 35.5. The molecule has 0 saturated carbocycles. The Balaban J connectivity index is 1.61. The lowest BCUT2D eigenvalue weighted by Gasteiger charge is -2.42. The molecule has 1 aliphatic rings. The molecule has 0 aliphatic carbocycles. The zero-order chi connectivity index (χ0) is 29.7. The topological polar surface area (TPSA) is 127 Å². The van der Waals surface area contributed by atoms with E-state index in [9.17, 15) is 13.9 Å². The largest absolute Gasteiger partial charge is 0.487 e. The second kappa shape index (κ2) is 10.9. The van der Waals surface area contributed by atoms with E-state index in [0.717, 1.165) is 27.7 Å². The van der Waals surface area contributed by atoms with Crippen LogP contribution in [0.3, 0.4) is 0 Å². The quantitative estimate of drug-likeness (QED) is 0.229. The normalized spacial score (nSPS) is 18.8. The molecule has 0 fully saturated rings. The van der Waals surface area contributed by atoms with Crippen LogP contribution in [0.15, 0.2) is 59.5 Å². The van der Waals surface area contributed by atoms with Crippen molar-refractivity contribution in [3.05, 3.63) is 81.9 Å². The number of nitrogens with zero attached hydrogens (tertiary/aromatic N) is 4. The van der Waals surface area contributed by atoms with E-state index in [4.69, 9.17) is 22.1 Å². The van der Waals surface area contributed by atoms with Gasteiger partial charge < -0.3 is 10.5 Å². The summed E-state index contributed by atoms with van der Waals surface area (Å²) in [5.41, 5.74) is 9.99. The molecule has 5 rings (SSSR count). The summed E-state index contributed by atoms with van der Waals surface area (Å²) in [4.78, 5) is 13.2.